The van der Waals surface area contributed by atoms with Crippen LogP contribution in [-0.2, 0) is 0 Å². The second-order valence-corrected chi connectivity index (χ2v) is 5.68. The van der Waals surface area contributed by atoms with Gasteiger partial charge in [-0.25, -0.2) is 4.79 Å². The maximum Gasteiger partial charge on any atom is 0.335 e. The highest BCUT2D eigenvalue weighted by molar-refractivity contribution is 5.89. The fourth-order valence-electron chi connectivity index (χ4n) is 1.92. The fourth-order valence-corrected chi connectivity index (χ4v) is 1.92. The van der Waals surface area contributed by atoms with Crippen LogP contribution in [0, 0.1) is 15.5 Å². The number of nitro groups is 1. The number of rotatable bonds is 4. The van der Waals surface area contributed by atoms with Crippen LogP contribution >= 0.6 is 0 Å². The van der Waals surface area contributed by atoms with Crippen molar-refractivity contribution >= 4 is 17.3 Å². The summed E-state index contributed by atoms with van der Waals surface area (Å²) < 4.78 is 0. The van der Waals surface area contributed by atoms with Gasteiger partial charge in [-0.15, -0.1) is 0 Å². The van der Waals surface area contributed by atoms with Gasteiger partial charge in [0.25, 0.3) is 5.69 Å². The molecule has 0 saturated heterocycles. The summed E-state index contributed by atoms with van der Waals surface area (Å²) in [5, 5.41) is 19.9. The molecule has 1 aromatic carbocycles. The minimum absolute atomic E-state index is 0.0198. The first-order chi connectivity index (χ1) is 8.61. The summed E-state index contributed by atoms with van der Waals surface area (Å²) in [7, 11) is 1.76. The first-order valence-electron chi connectivity index (χ1n) is 5.85. The maximum atomic E-state index is 11.1. The van der Waals surface area contributed by atoms with E-state index in [2.05, 4.69) is 0 Å². The lowest BCUT2D eigenvalue weighted by Crippen LogP contribution is -2.29. The van der Waals surface area contributed by atoms with Gasteiger partial charge in [0.05, 0.1) is 10.5 Å². The van der Waals surface area contributed by atoms with Crippen LogP contribution in [0.25, 0.3) is 0 Å². The molecule has 0 amide bonds. The third-order valence-electron chi connectivity index (χ3n) is 2.54. The predicted octanol–water partition coefficient (Wildman–Crippen LogP) is 2.78. The Morgan fingerprint density at radius 3 is 2.42 bits per heavy atom. The van der Waals surface area contributed by atoms with Crippen molar-refractivity contribution in [3.63, 3.8) is 0 Å². The second-order valence-electron chi connectivity index (χ2n) is 5.68. The van der Waals surface area contributed by atoms with Gasteiger partial charge in [0.15, 0.2) is 0 Å². The van der Waals surface area contributed by atoms with Crippen molar-refractivity contribution < 1.29 is 14.8 Å². The van der Waals surface area contributed by atoms with Crippen LogP contribution in [-0.4, -0.2) is 29.6 Å². The summed E-state index contributed by atoms with van der Waals surface area (Å²) >= 11 is 0. The molecule has 6 heteroatoms. The molecule has 0 radical (unpaired) electrons. The zero-order valence-electron chi connectivity index (χ0n) is 11.5. The van der Waals surface area contributed by atoms with Crippen LogP contribution in [0.2, 0.25) is 0 Å². The number of benzene rings is 1. The lowest BCUT2D eigenvalue weighted by Gasteiger charge is -2.28. The van der Waals surface area contributed by atoms with E-state index in [1.165, 1.54) is 12.1 Å². The van der Waals surface area contributed by atoms with Gasteiger partial charge in [0.1, 0.15) is 5.69 Å². The van der Waals surface area contributed by atoms with E-state index in [-0.39, 0.29) is 16.7 Å². The number of carboxylic acids is 1. The molecular formula is C13H18N2O4. The number of hydrogen-bond donors (Lipinski definition) is 1. The van der Waals surface area contributed by atoms with E-state index >= 15 is 0 Å². The molecular weight excluding hydrogens is 248 g/mol. The maximum absolute atomic E-state index is 11.1. The Hall–Kier alpha value is -2.11. The molecule has 0 unspecified atom stereocenters. The third kappa shape index (κ3) is 3.94. The van der Waals surface area contributed by atoms with Crippen molar-refractivity contribution in [3.8, 4) is 0 Å². The molecule has 1 aromatic rings. The van der Waals surface area contributed by atoms with E-state index in [1.807, 2.05) is 20.8 Å². The summed E-state index contributed by atoms with van der Waals surface area (Å²) in [5.41, 5.74) is 0.129. The highest BCUT2D eigenvalue weighted by Gasteiger charge is 2.22. The van der Waals surface area contributed by atoms with Gasteiger partial charge in [-0.2, -0.15) is 0 Å². The second kappa shape index (κ2) is 5.26. The average Bonchev–Trinajstić information content (AvgIpc) is 2.25. The van der Waals surface area contributed by atoms with E-state index in [4.69, 9.17) is 5.11 Å². The molecule has 6 nitrogen and oxygen atoms in total. The molecule has 0 aromatic heterocycles. The van der Waals surface area contributed by atoms with Gasteiger partial charge in [0, 0.05) is 19.7 Å². The largest absolute Gasteiger partial charge is 0.478 e. The summed E-state index contributed by atoms with van der Waals surface area (Å²) in [4.78, 5) is 23.1. The summed E-state index contributed by atoms with van der Waals surface area (Å²) in [5.74, 6) is -1.17. The van der Waals surface area contributed by atoms with Crippen LogP contribution in [0.15, 0.2) is 18.2 Å². The molecule has 0 bridgehead atoms. The number of carboxylic acid groups (broad SMARTS) is 1. The number of nitro benzene ring substituents is 1. The Bertz CT molecular complexity index is 506. The average molecular weight is 266 g/mol. The summed E-state index contributed by atoms with van der Waals surface area (Å²) in [6.07, 6.45) is 0. The molecule has 0 heterocycles. The molecule has 0 aliphatic heterocycles. The van der Waals surface area contributed by atoms with Crippen LogP contribution in [0.5, 0.6) is 0 Å². The van der Waals surface area contributed by atoms with Crippen molar-refractivity contribution in [3.05, 3.63) is 33.9 Å². The standard InChI is InChI=1S/C13H18N2O4/c1-13(2,3)8-14(4)10-6-5-9(12(16)17)7-11(10)15(18)19/h5-7H,8H2,1-4H3,(H,16,17). The Morgan fingerprint density at radius 2 is 2.00 bits per heavy atom. The molecule has 0 spiro atoms. The molecule has 19 heavy (non-hydrogen) atoms. The predicted molar refractivity (Wildman–Crippen MR) is 72.8 cm³/mol. The van der Waals surface area contributed by atoms with Gasteiger partial charge in [-0.05, 0) is 17.5 Å². The van der Waals surface area contributed by atoms with Crippen molar-refractivity contribution in [1.82, 2.24) is 0 Å². The molecule has 1 N–H and O–H groups in total. The van der Waals surface area contributed by atoms with Crippen LogP contribution in [0.3, 0.4) is 0 Å². The summed E-state index contributed by atoms with van der Waals surface area (Å²) in [6, 6.07) is 3.95. The lowest BCUT2D eigenvalue weighted by atomic mass is 9.96. The minimum atomic E-state index is -1.17. The minimum Gasteiger partial charge on any atom is -0.478 e. The number of anilines is 1. The lowest BCUT2D eigenvalue weighted by molar-refractivity contribution is -0.384. The summed E-state index contributed by atoms with van der Waals surface area (Å²) in [6.45, 7) is 6.71. The number of nitrogens with zero attached hydrogens (tertiary/aromatic N) is 2. The van der Waals surface area contributed by atoms with Gasteiger partial charge in [-0.3, -0.25) is 10.1 Å². The SMILES string of the molecule is CN(CC(C)(C)C)c1ccc(C(=O)O)cc1[N+](=O)[O-]. The van der Waals surface area contributed by atoms with E-state index in [0.717, 1.165) is 6.07 Å². The third-order valence-corrected chi connectivity index (χ3v) is 2.54. The van der Waals surface area contributed by atoms with E-state index in [9.17, 15) is 14.9 Å². The molecule has 0 atom stereocenters. The first kappa shape index (κ1) is 14.9. The van der Waals surface area contributed by atoms with E-state index in [1.54, 1.807) is 11.9 Å². The quantitative estimate of drug-likeness (QED) is 0.669. The Balaban J connectivity index is 3.20. The first-order valence-corrected chi connectivity index (χ1v) is 5.85. The smallest absolute Gasteiger partial charge is 0.335 e. The molecule has 104 valence electrons. The van der Waals surface area contributed by atoms with E-state index in [0.29, 0.717) is 12.2 Å². The van der Waals surface area contributed by atoms with E-state index < -0.39 is 10.9 Å². The van der Waals surface area contributed by atoms with Crippen molar-refractivity contribution in [2.75, 3.05) is 18.5 Å². The number of hydrogen-bond acceptors (Lipinski definition) is 4. The Kier molecular flexibility index (Phi) is 4.14. The van der Waals surface area contributed by atoms with Crippen LogP contribution in [0.4, 0.5) is 11.4 Å². The van der Waals surface area contributed by atoms with Crippen LogP contribution in [0.1, 0.15) is 31.1 Å². The molecule has 1 rings (SSSR count). The number of aromatic carboxylic acids is 1. The normalized spacial score (nSPS) is 11.2. The molecule has 0 fully saturated rings. The monoisotopic (exact) mass is 266 g/mol. The van der Waals surface area contributed by atoms with Crippen LogP contribution < -0.4 is 4.90 Å². The molecule has 0 aliphatic carbocycles. The van der Waals surface area contributed by atoms with Gasteiger partial charge < -0.3 is 10.0 Å². The zero-order valence-corrected chi connectivity index (χ0v) is 11.5. The van der Waals surface area contributed by atoms with Gasteiger partial charge in [0.2, 0.25) is 0 Å². The van der Waals surface area contributed by atoms with Gasteiger partial charge >= 0.3 is 5.97 Å². The van der Waals surface area contributed by atoms with Crippen molar-refractivity contribution in [2.24, 2.45) is 5.41 Å². The topological polar surface area (TPSA) is 83.7 Å². The van der Waals surface area contributed by atoms with Gasteiger partial charge in [-0.1, -0.05) is 20.8 Å². The fraction of sp³-hybridized carbons (Fsp3) is 0.462. The molecule has 0 saturated carbocycles. The number of carbonyl (C=O) groups is 1. The highest BCUT2D eigenvalue weighted by atomic mass is 16.6. The van der Waals surface area contributed by atoms with Crippen molar-refractivity contribution in [1.29, 1.82) is 0 Å². The Morgan fingerprint density at radius 1 is 1.42 bits per heavy atom. The highest BCUT2D eigenvalue weighted by Crippen LogP contribution is 2.30. The zero-order chi connectivity index (χ0) is 14.8. The Labute approximate surface area is 111 Å². The van der Waals surface area contributed by atoms with Crippen molar-refractivity contribution in [2.45, 2.75) is 20.8 Å². The molecule has 0 aliphatic rings.